The molecule has 4 rings (SSSR count). The van der Waals surface area contributed by atoms with Crippen LogP contribution in [0.5, 0.6) is 0 Å². The minimum atomic E-state index is -0.316. The number of esters is 1. The molecule has 1 aromatic heterocycles. The van der Waals surface area contributed by atoms with Crippen LogP contribution in [0.3, 0.4) is 0 Å². The van der Waals surface area contributed by atoms with Crippen molar-refractivity contribution in [3.05, 3.63) is 114 Å². The van der Waals surface area contributed by atoms with Gasteiger partial charge in [0.15, 0.2) is 0 Å². The largest absolute Gasteiger partial charge is 0.466 e. The molecule has 220 valence electrons. The monoisotopic (exact) mass is 565 g/mol. The van der Waals surface area contributed by atoms with Crippen LogP contribution in [0.2, 0.25) is 0 Å². The van der Waals surface area contributed by atoms with Crippen molar-refractivity contribution in [2.45, 2.75) is 66.0 Å². The highest BCUT2D eigenvalue weighted by molar-refractivity contribution is 5.94. The Morgan fingerprint density at radius 3 is 2.10 bits per heavy atom. The summed E-state index contributed by atoms with van der Waals surface area (Å²) in [4.78, 5) is 33.3. The maximum absolute atomic E-state index is 14.2. The van der Waals surface area contributed by atoms with Crippen molar-refractivity contribution < 1.29 is 14.3 Å². The predicted octanol–water partition coefficient (Wildman–Crippen LogP) is 7.95. The van der Waals surface area contributed by atoms with E-state index < -0.39 is 0 Å². The van der Waals surface area contributed by atoms with Gasteiger partial charge in [0.1, 0.15) is 5.82 Å². The second-order valence-electron chi connectivity index (χ2n) is 11.7. The standard InChI is InChI=1S/C36H43N3O3/c1-5-42-32(40)24-16-9-17-25-39(35(41)30-22-14-8-15-23-30)33(36(2,3)4)34-37-31(29-20-12-7-13-21-29)27-38(34)26-28-18-10-6-11-19-28/h6-8,10-15,18-23,27,33H,5,9,16-17,24-26H2,1-4H3/t33-/m0/s1. The molecule has 3 aromatic carbocycles. The number of unbranched alkanes of at least 4 members (excludes halogenated alkanes) is 2. The molecule has 0 saturated heterocycles. The molecule has 0 saturated carbocycles. The molecule has 1 heterocycles. The van der Waals surface area contributed by atoms with Gasteiger partial charge in [0.25, 0.3) is 5.91 Å². The highest BCUT2D eigenvalue weighted by Gasteiger charge is 2.38. The van der Waals surface area contributed by atoms with Crippen LogP contribution in [0.15, 0.2) is 97.2 Å². The van der Waals surface area contributed by atoms with E-state index in [1.165, 1.54) is 5.56 Å². The minimum Gasteiger partial charge on any atom is -0.466 e. The van der Waals surface area contributed by atoms with E-state index in [1.54, 1.807) is 0 Å². The topological polar surface area (TPSA) is 64.4 Å². The molecule has 0 bridgehead atoms. The van der Waals surface area contributed by atoms with Crippen LogP contribution in [-0.4, -0.2) is 39.5 Å². The third-order valence-corrected chi connectivity index (χ3v) is 7.32. The fraction of sp³-hybridized carbons (Fsp3) is 0.361. The molecule has 1 atom stereocenters. The van der Waals surface area contributed by atoms with E-state index in [0.717, 1.165) is 36.3 Å². The molecule has 0 radical (unpaired) electrons. The van der Waals surface area contributed by atoms with Crippen molar-refractivity contribution in [3.8, 4) is 11.3 Å². The zero-order valence-corrected chi connectivity index (χ0v) is 25.3. The van der Waals surface area contributed by atoms with Crippen molar-refractivity contribution in [3.63, 3.8) is 0 Å². The summed E-state index contributed by atoms with van der Waals surface area (Å²) < 4.78 is 7.30. The van der Waals surface area contributed by atoms with Crippen molar-refractivity contribution in [1.82, 2.24) is 14.5 Å². The van der Waals surface area contributed by atoms with Gasteiger partial charge in [-0.25, -0.2) is 4.98 Å². The third kappa shape index (κ3) is 8.19. The molecule has 0 fully saturated rings. The number of imidazole rings is 1. The average Bonchev–Trinajstić information content (AvgIpc) is 3.39. The van der Waals surface area contributed by atoms with E-state index in [0.29, 0.717) is 31.7 Å². The maximum atomic E-state index is 14.2. The lowest BCUT2D eigenvalue weighted by molar-refractivity contribution is -0.143. The normalized spacial score (nSPS) is 12.1. The first kappa shape index (κ1) is 30.8. The lowest BCUT2D eigenvalue weighted by atomic mass is 9.84. The van der Waals surface area contributed by atoms with Crippen LogP contribution < -0.4 is 0 Å². The molecule has 0 N–H and O–H groups in total. The summed E-state index contributed by atoms with van der Waals surface area (Å²) in [5.74, 6) is 0.677. The summed E-state index contributed by atoms with van der Waals surface area (Å²) in [6.45, 7) is 9.94. The lowest BCUT2D eigenvalue weighted by Crippen LogP contribution is -2.43. The molecule has 1 amide bonds. The molecular weight excluding hydrogens is 522 g/mol. The molecule has 6 nitrogen and oxygen atoms in total. The van der Waals surface area contributed by atoms with E-state index >= 15 is 0 Å². The molecule has 0 aliphatic carbocycles. The van der Waals surface area contributed by atoms with Gasteiger partial charge in [-0.2, -0.15) is 0 Å². The number of nitrogens with zero attached hydrogens (tertiary/aromatic N) is 3. The number of amides is 1. The van der Waals surface area contributed by atoms with Crippen LogP contribution in [0.25, 0.3) is 11.3 Å². The summed E-state index contributed by atoms with van der Waals surface area (Å²) in [7, 11) is 0. The lowest BCUT2D eigenvalue weighted by Gasteiger charge is -2.40. The molecular formula is C36H43N3O3. The summed E-state index contributed by atoms with van der Waals surface area (Å²) in [5, 5.41) is 0. The predicted molar refractivity (Wildman–Crippen MR) is 168 cm³/mol. The number of carbonyl (C=O) groups excluding carboxylic acids is 2. The Morgan fingerprint density at radius 2 is 1.48 bits per heavy atom. The minimum absolute atomic E-state index is 0.0172. The number of benzene rings is 3. The average molecular weight is 566 g/mol. The molecule has 0 spiro atoms. The van der Waals surface area contributed by atoms with Gasteiger partial charge in [-0.15, -0.1) is 0 Å². The van der Waals surface area contributed by atoms with Gasteiger partial charge in [-0.05, 0) is 42.9 Å². The Balaban J connectivity index is 1.73. The molecule has 0 aliphatic rings. The van der Waals surface area contributed by atoms with E-state index in [2.05, 4.69) is 55.8 Å². The zero-order valence-electron chi connectivity index (χ0n) is 25.3. The SMILES string of the molecule is CCOC(=O)CCCCCN(C(=O)c1ccccc1)[C@@H](c1nc(-c2ccccc2)cn1Cc1ccccc1)C(C)(C)C. The van der Waals surface area contributed by atoms with Crippen LogP contribution in [0.4, 0.5) is 0 Å². The van der Waals surface area contributed by atoms with Crippen molar-refractivity contribution >= 4 is 11.9 Å². The molecule has 42 heavy (non-hydrogen) atoms. The summed E-state index contributed by atoms with van der Waals surface area (Å²) in [6.07, 6.45) is 4.83. The second-order valence-corrected chi connectivity index (χ2v) is 11.7. The molecule has 0 unspecified atom stereocenters. The summed E-state index contributed by atoms with van der Waals surface area (Å²) in [5.41, 5.74) is 3.44. The summed E-state index contributed by atoms with van der Waals surface area (Å²) in [6, 6.07) is 29.7. The third-order valence-electron chi connectivity index (χ3n) is 7.32. The van der Waals surface area contributed by atoms with Gasteiger partial charge >= 0.3 is 5.97 Å². The van der Waals surface area contributed by atoms with Crippen molar-refractivity contribution in [1.29, 1.82) is 0 Å². The number of carbonyl (C=O) groups is 2. The van der Waals surface area contributed by atoms with Crippen LogP contribution in [0, 0.1) is 5.41 Å². The second kappa shape index (κ2) is 14.6. The smallest absolute Gasteiger partial charge is 0.305 e. The number of rotatable bonds is 13. The van der Waals surface area contributed by atoms with Gasteiger partial charge in [0.2, 0.25) is 0 Å². The Hall–Kier alpha value is -4.19. The van der Waals surface area contributed by atoms with Gasteiger partial charge in [-0.1, -0.05) is 106 Å². The molecule has 6 heteroatoms. The Labute approximate surface area is 250 Å². The number of hydrogen-bond donors (Lipinski definition) is 0. The fourth-order valence-corrected chi connectivity index (χ4v) is 5.35. The van der Waals surface area contributed by atoms with E-state index in [9.17, 15) is 9.59 Å². The Kier molecular flexibility index (Phi) is 10.7. The highest BCUT2D eigenvalue weighted by Crippen LogP contribution is 2.40. The van der Waals surface area contributed by atoms with E-state index in [1.807, 2.05) is 78.6 Å². The Bertz CT molecular complexity index is 1410. The summed E-state index contributed by atoms with van der Waals surface area (Å²) >= 11 is 0. The first-order valence-corrected chi connectivity index (χ1v) is 15.0. The Morgan fingerprint density at radius 1 is 0.857 bits per heavy atom. The van der Waals surface area contributed by atoms with E-state index in [4.69, 9.17) is 9.72 Å². The number of aromatic nitrogens is 2. The first-order valence-electron chi connectivity index (χ1n) is 15.0. The number of hydrogen-bond acceptors (Lipinski definition) is 4. The van der Waals surface area contributed by atoms with Crippen molar-refractivity contribution in [2.75, 3.05) is 13.2 Å². The van der Waals surface area contributed by atoms with Crippen LogP contribution in [0.1, 0.15) is 81.2 Å². The van der Waals surface area contributed by atoms with E-state index in [-0.39, 0.29) is 23.3 Å². The van der Waals surface area contributed by atoms with Gasteiger partial charge < -0.3 is 14.2 Å². The highest BCUT2D eigenvalue weighted by atomic mass is 16.5. The molecule has 4 aromatic rings. The zero-order chi connectivity index (χ0) is 30.0. The van der Waals surface area contributed by atoms with Gasteiger partial charge in [0.05, 0.1) is 18.3 Å². The van der Waals surface area contributed by atoms with Gasteiger partial charge in [0, 0.05) is 36.8 Å². The maximum Gasteiger partial charge on any atom is 0.305 e. The van der Waals surface area contributed by atoms with Crippen molar-refractivity contribution in [2.24, 2.45) is 5.41 Å². The fourth-order valence-electron chi connectivity index (χ4n) is 5.35. The first-order chi connectivity index (χ1) is 20.3. The van der Waals surface area contributed by atoms with Crippen LogP contribution >= 0.6 is 0 Å². The number of ether oxygens (including phenoxy) is 1. The molecule has 0 aliphatic heterocycles. The van der Waals surface area contributed by atoms with Crippen LogP contribution in [-0.2, 0) is 16.1 Å². The quantitative estimate of drug-likeness (QED) is 0.122. The van der Waals surface area contributed by atoms with Gasteiger partial charge in [-0.3, -0.25) is 9.59 Å².